The maximum Gasteiger partial charge on any atom is 0.160 e. The molecule has 0 amide bonds. The molecule has 0 spiro atoms. The molecule has 0 saturated heterocycles. The number of aromatic nitrogens is 2. The van der Waals surface area contributed by atoms with E-state index in [1.165, 1.54) is 82.4 Å². The van der Waals surface area contributed by atoms with Gasteiger partial charge < -0.3 is 0 Å². The van der Waals surface area contributed by atoms with Gasteiger partial charge in [-0.3, -0.25) is 0 Å². The summed E-state index contributed by atoms with van der Waals surface area (Å²) in [6.45, 7) is 4.70. The molecule has 12 rings (SSSR count). The van der Waals surface area contributed by atoms with Gasteiger partial charge in [-0.2, -0.15) is 0 Å². The summed E-state index contributed by atoms with van der Waals surface area (Å²) < 4.78 is 0. The molecule has 10 aromatic carbocycles. The van der Waals surface area contributed by atoms with Crippen molar-refractivity contribution in [3.63, 3.8) is 0 Å². The Morgan fingerprint density at radius 3 is 1.57 bits per heavy atom. The first kappa shape index (κ1) is 36.9. The van der Waals surface area contributed by atoms with Crippen LogP contribution in [0.4, 0.5) is 0 Å². The molecule has 2 heteroatoms. The number of rotatable bonds is 6. The number of hydrogen-bond donors (Lipinski definition) is 0. The number of benzene rings is 10. The largest absolute Gasteiger partial charge is 0.228 e. The maximum atomic E-state index is 5.15. The molecule has 0 N–H and O–H groups in total. The molecule has 0 atom stereocenters. The van der Waals surface area contributed by atoms with Crippen LogP contribution < -0.4 is 0 Å². The first-order valence-corrected chi connectivity index (χ1v) is 21.8. The highest BCUT2D eigenvalue weighted by Crippen LogP contribution is 2.52. The standard InChI is InChI=1S/C61H42N2/c1-61(2)55-22-11-10-19-51(55)53-21-12-20-50(59(53)61)42-27-31-44(32-28-42)57-38-56(62-60(63-57)46-14-4-3-5-15-46)43-29-23-39(24-30-43)40-25-33-45(34-26-40)58-49-18-9-7-16-47(49)37-54-48-17-8-6-13-41(48)35-36-52(54)58/h3-38H,1-2H3. The average Bonchev–Trinajstić information content (AvgIpc) is 3.59. The highest BCUT2D eigenvalue weighted by Gasteiger charge is 2.37. The molecule has 1 aliphatic carbocycles. The van der Waals surface area contributed by atoms with Gasteiger partial charge in [-0.1, -0.05) is 220 Å². The lowest BCUT2D eigenvalue weighted by Crippen LogP contribution is -2.16. The van der Waals surface area contributed by atoms with Gasteiger partial charge in [0.15, 0.2) is 5.82 Å². The van der Waals surface area contributed by atoms with Crippen LogP contribution in [0.15, 0.2) is 218 Å². The van der Waals surface area contributed by atoms with Crippen molar-refractivity contribution in [2.24, 2.45) is 0 Å². The third-order valence-electron chi connectivity index (χ3n) is 13.3. The van der Waals surface area contributed by atoms with Crippen LogP contribution in [0.2, 0.25) is 0 Å². The monoisotopic (exact) mass is 802 g/mol. The Labute approximate surface area is 367 Å². The Kier molecular flexibility index (Phi) is 8.55. The van der Waals surface area contributed by atoms with E-state index in [0.717, 1.165) is 33.6 Å². The summed E-state index contributed by atoms with van der Waals surface area (Å²) in [4.78, 5) is 10.3. The minimum atomic E-state index is -0.0881. The minimum absolute atomic E-state index is 0.0881. The molecular formula is C61H42N2. The fraction of sp³-hybridized carbons (Fsp3) is 0.0492. The van der Waals surface area contributed by atoms with Crippen LogP contribution in [0, 0.1) is 0 Å². The first-order valence-electron chi connectivity index (χ1n) is 21.8. The van der Waals surface area contributed by atoms with E-state index in [0.29, 0.717) is 5.82 Å². The predicted molar refractivity (Wildman–Crippen MR) is 265 cm³/mol. The van der Waals surface area contributed by atoms with Crippen molar-refractivity contribution in [2.75, 3.05) is 0 Å². The second-order valence-electron chi connectivity index (χ2n) is 17.3. The Morgan fingerprint density at radius 1 is 0.317 bits per heavy atom. The molecular weight excluding hydrogens is 761 g/mol. The van der Waals surface area contributed by atoms with Gasteiger partial charge in [0.1, 0.15) is 0 Å². The van der Waals surface area contributed by atoms with Crippen molar-refractivity contribution in [2.45, 2.75) is 19.3 Å². The van der Waals surface area contributed by atoms with Crippen molar-refractivity contribution in [1.29, 1.82) is 0 Å². The van der Waals surface area contributed by atoms with E-state index in [1.807, 2.05) is 18.2 Å². The maximum absolute atomic E-state index is 5.15. The lowest BCUT2D eigenvalue weighted by atomic mass is 9.79. The van der Waals surface area contributed by atoms with Crippen LogP contribution in [0.5, 0.6) is 0 Å². The summed E-state index contributed by atoms with van der Waals surface area (Å²) in [6.07, 6.45) is 0. The zero-order valence-corrected chi connectivity index (χ0v) is 35.2. The molecule has 0 saturated carbocycles. The Morgan fingerprint density at radius 2 is 0.857 bits per heavy atom. The lowest BCUT2D eigenvalue weighted by Gasteiger charge is -2.24. The van der Waals surface area contributed by atoms with Crippen LogP contribution in [-0.4, -0.2) is 9.97 Å². The van der Waals surface area contributed by atoms with Crippen LogP contribution in [0.25, 0.3) is 111 Å². The Bertz CT molecular complexity index is 3550. The van der Waals surface area contributed by atoms with Crippen molar-refractivity contribution in [1.82, 2.24) is 9.97 Å². The van der Waals surface area contributed by atoms with E-state index < -0.39 is 0 Å². The molecule has 0 bridgehead atoms. The summed E-state index contributed by atoms with van der Waals surface area (Å²) in [6, 6.07) is 79.1. The van der Waals surface area contributed by atoms with Crippen LogP contribution in [0.3, 0.4) is 0 Å². The molecule has 0 aliphatic heterocycles. The van der Waals surface area contributed by atoms with Gasteiger partial charge in [-0.15, -0.1) is 0 Å². The van der Waals surface area contributed by atoms with Gasteiger partial charge in [0.05, 0.1) is 11.4 Å². The zero-order chi connectivity index (χ0) is 42.1. The smallest absolute Gasteiger partial charge is 0.160 e. The minimum Gasteiger partial charge on any atom is -0.228 e. The SMILES string of the molecule is CC1(C)c2ccccc2-c2cccc(-c3ccc(-c4cc(-c5ccc(-c6ccc(-c7c8ccccc8cc8c7ccc7ccccc78)cc6)cc5)nc(-c5ccccc5)n4)cc3)c21. The van der Waals surface area contributed by atoms with Crippen molar-refractivity contribution < 1.29 is 0 Å². The first-order chi connectivity index (χ1) is 31.0. The summed E-state index contributed by atoms with van der Waals surface area (Å²) >= 11 is 0. The quantitative estimate of drug-likeness (QED) is 0.124. The van der Waals surface area contributed by atoms with E-state index >= 15 is 0 Å². The summed E-state index contributed by atoms with van der Waals surface area (Å²) in [7, 11) is 0. The van der Waals surface area contributed by atoms with Gasteiger partial charge in [0, 0.05) is 22.1 Å². The van der Waals surface area contributed by atoms with Crippen molar-refractivity contribution in [3.05, 3.63) is 230 Å². The number of fused-ring (bicyclic) bond motifs is 7. The van der Waals surface area contributed by atoms with Crippen molar-refractivity contribution in [3.8, 4) is 78.4 Å². The zero-order valence-electron chi connectivity index (χ0n) is 35.2. The molecule has 1 aliphatic rings. The summed E-state index contributed by atoms with van der Waals surface area (Å²) in [5, 5.41) is 7.62. The van der Waals surface area contributed by atoms with Gasteiger partial charge in [0.2, 0.25) is 0 Å². The van der Waals surface area contributed by atoms with Gasteiger partial charge in [-0.25, -0.2) is 9.97 Å². The molecule has 296 valence electrons. The van der Waals surface area contributed by atoms with E-state index in [-0.39, 0.29) is 5.41 Å². The lowest BCUT2D eigenvalue weighted by molar-refractivity contribution is 0.662. The highest BCUT2D eigenvalue weighted by atomic mass is 14.9. The topological polar surface area (TPSA) is 25.8 Å². The molecule has 0 fully saturated rings. The fourth-order valence-electron chi connectivity index (χ4n) is 10.2. The van der Waals surface area contributed by atoms with Crippen LogP contribution >= 0.6 is 0 Å². The summed E-state index contributed by atoms with van der Waals surface area (Å²) in [5.41, 5.74) is 17.5. The number of nitrogens with zero attached hydrogens (tertiary/aromatic N) is 2. The molecule has 1 aromatic heterocycles. The average molecular weight is 803 g/mol. The number of hydrogen-bond acceptors (Lipinski definition) is 2. The van der Waals surface area contributed by atoms with E-state index in [1.54, 1.807) is 0 Å². The van der Waals surface area contributed by atoms with E-state index in [4.69, 9.17) is 9.97 Å². The highest BCUT2D eigenvalue weighted by molar-refractivity contribution is 6.20. The predicted octanol–water partition coefficient (Wildman–Crippen LogP) is 16.2. The van der Waals surface area contributed by atoms with Crippen LogP contribution in [0.1, 0.15) is 25.0 Å². The second kappa shape index (κ2) is 14.6. The molecule has 11 aromatic rings. The van der Waals surface area contributed by atoms with Gasteiger partial charge in [-0.05, 0) is 100 Å². The summed E-state index contributed by atoms with van der Waals surface area (Å²) in [5.74, 6) is 0.709. The normalized spacial score (nSPS) is 12.7. The van der Waals surface area contributed by atoms with Gasteiger partial charge in [0.25, 0.3) is 0 Å². The molecule has 2 nitrogen and oxygen atoms in total. The fourth-order valence-corrected chi connectivity index (χ4v) is 10.2. The molecule has 63 heavy (non-hydrogen) atoms. The molecule has 1 heterocycles. The van der Waals surface area contributed by atoms with E-state index in [9.17, 15) is 0 Å². The third kappa shape index (κ3) is 6.17. The molecule has 0 radical (unpaired) electrons. The van der Waals surface area contributed by atoms with Gasteiger partial charge >= 0.3 is 0 Å². The second-order valence-corrected chi connectivity index (χ2v) is 17.3. The molecule has 0 unspecified atom stereocenters. The van der Waals surface area contributed by atoms with E-state index in [2.05, 4.69) is 214 Å². The Balaban J connectivity index is 0.881. The Hall–Kier alpha value is -7.94. The van der Waals surface area contributed by atoms with Crippen LogP contribution in [-0.2, 0) is 5.41 Å². The van der Waals surface area contributed by atoms with Crippen molar-refractivity contribution >= 4 is 32.3 Å². The third-order valence-corrected chi connectivity index (χ3v) is 13.3.